The molecular formula is C38H57N9O6. The number of aromatic nitrogens is 4. The number of unbranched alkanes of at least 4 members (excludes halogenated alkanes) is 1. The Morgan fingerprint density at radius 3 is 2.26 bits per heavy atom. The van der Waals surface area contributed by atoms with E-state index in [-0.39, 0.29) is 48.3 Å². The smallest absolute Gasteiger partial charge is 0.290 e. The van der Waals surface area contributed by atoms with Gasteiger partial charge in [-0.15, -0.1) is 10.2 Å². The van der Waals surface area contributed by atoms with E-state index in [2.05, 4.69) is 41.4 Å². The summed E-state index contributed by atoms with van der Waals surface area (Å²) in [5.74, 6) is -2.95. The molecule has 0 spiro atoms. The van der Waals surface area contributed by atoms with E-state index in [0.717, 1.165) is 37.1 Å². The van der Waals surface area contributed by atoms with E-state index >= 15 is 0 Å². The van der Waals surface area contributed by atoms with Gasteiger partial charge in [-0.25, -0.2) is 0 Å². The van der Waals surface area contributed by atoms with Gasteiger partial charge in [0.05, 0.1) is 12.1 Å². The van der Waals surface area contributed by atoms with Gasteiger partial charge in [-0.2, -0.15) is 0 Å². The maximum absolute atomic E-state index is 14.4. The average molecular weight is 736 g/mol. The molecule has 0 bridgehead atoms. The Morgan fingerprint density at radius 2 is 1.62 bits per heavy atom. The number of nitrogens with zero attached hydrogens (tertiary/aromatic N) is 4. The first-order valence-electron chi connectivity index (χ1n) is 19.1. The summed E-state index contributed by atoms with van der Waals surface area (Å²) in [7, 11) is 0. The van der Waals surface area contributed by atoms with E-state index in [4.69, 9.17) is 0 Å². The summed E-state index contributed by atoms with van der Waals surface area (Å²) in [6, 6.07) is -0.675. The van der Waals surface area contributed by atoms with Crippen LogP contribution in [0.25, 0.3) is 0 Å². The highest BCUT2D eigenvalue weighted by atomic mass is 16.2. The van der Waals surface area contributed by atoms with Gasteiger partial charge in [0.1, 0.15) is 30.3 Å². The van der Waals surface area contributed by atoms with Gasteiger partial charge in [0.25, 0.3) is 5.91 Å². The third-order valence-corrected chi connectivity index (χ3v) is 10.5. The number of rotatable bonds is 19. The summed E-state index contributed by atoms with van der Waals surface area (Å²) >= 11 is 0. The molecule has 1 unspecified atom stereocenters. The predicted octanol–water partition coefficient (Wildman–Crippen LogP) is 2.55. The number of carbonyl (C=O) groups is 6. The van der Waals surface area contributed by atoms with Gasteiger partial charge in [0.15, 0.2) is 0 Å². The van der Waals surface area contributed by atoms with Crippen LogP contribution in [0, 0.1) is 23.7 Å². The molecule has 2 fully saturated rings. The van der Waals surface area contributed by atoms with E-state index in [1.807, 2.05) is 34.6 Å². The number of fused-ring (bicyclic) bond motifs is 1. The second-order valence-corrected chi connectivity index (χ2v) is 15.1. The van der Waals surface area contributed by atoms with E-state index in [0.29, 0.717) is 25.8 Å². The first-order valence-corrected chi connectivity index (χ1v) is 19.1. The van der Waals surface area contributed by atoms with Gasteiger partial charge in [-0.1, -0.05) is 47.5 Å². The topological polar surface area (TPSA) is 208 Å². The van der Waals surface area contributed by atoms with Crippen molar-refractivity contribution < 1.29 is 28.8 Å². The molecule has 1 aliphatic carbocycles. The van der Waals surface area contributed by atoms with Crippen LogP contribution in [0.5, 0.6) is 0 Å². The zero-order chi connectivity index (χ0) is 38.7. The number of amides is 5. The van der Waals surface area contributed by atoms with Crippen molar-refractivity contribution >= 4 is 35.3 Å². The quantitative estimate of drug-likeness (QED) is 0.106. The Bertz CT molecular complexity index is 1550. The van der Waals surface area contributed by atoms with Crippen molar-refractivity contribution in [3.05, 3.63) is 42.2 Å². The van der Waals surface area contributed by atoms with Gasteiger partial charge >= 0.3 is 0 Å². The Balaban J connectivity index is 1.42. The van der Waals surface area contributed by atoms with Crippen LogP contribution in [-0.4, -0.2) is 91.1 Å². The second-order valence-electron chi connectivity index (χ2n) is 15.1. The molecule has 15 nitrogen and oxygen atoms in total. The van der Waals surface area contributed by atoms with Crippen LogP contribution in [-0.2, 0) is 35.2 Å². The second kappa shape index (κ2) is 19.4. The molecule has 2 aromatic rings. The molecule has 1 saturated heterocycles. The number of aromatic amines is 1. The number of likely N-dealkylation sites (tertiary alicyclic amines) is 1. The van der Waals surface area contributed by atoms with Gasteiger partial charge in [0, 0.05) is 31.8 Å². The molecule has 1 aliphatic heterocycles. The Morgan fingerprint density at radius 1 is 0.906 bits per heavy atom. The molecule has 5 N–H and O–H groups in total. The van der Waals surface area contributed by atoms with Crippen molar-refractivity contribution in [3.8, 4) is 0 Å². The predicted molar refractivity (Wildman–Crippen MR) is 196 cm³/mol. The van der Waals surface area contributed by atoms with Gasteiger partial charge < -0.3 is 31.2 Å². The van der Waals surface area contributed by atoms with Crippen LogP contribution in [0.3, 0.4) is 0 Å². The zero-order valence-electron chi connectivity index (χ0n) is 31.9. The molecule has 4 rings (SSSR count). The van der Waals surface area contributed by atoms with Crippen LogP contribution in [0.4, 0.5) is 0 Å². The van der Waals surface area contributed by atoms with E-state index < -0.39 is 53.7 Å². The summed E-state index contributed by atoms with van der Waals surface area (Å²) in [5, 5.41) is 19.0. The highest BCUT2D eigenvalue weighted by Gasteiger charge is 2.51. The number of pyridine rings is 1. The highest BCUT2D eigenvalue weighted by molar-refractivity contribution is 6.38. The lowest BCUT2D eigenvalue weighted by atomic mass is 9.92. The van der Waals surface area contributed by atoms with Crippen LogP contribution in [0.15, 0.2) is 30.9 Å². The number of Topliss-reactive ketones (excluding diaryl/α,β-unsaturated/α-hetero) is 1. The fourth-order valence-electron chi connectivity index (χ4n) is 7.49. The minimum absolute atomic E-state index is 0.105. The standard InChI is InChI=1S/C38H57N9O6/c1-7-11-28(34(49)37(52)42-24(6)25-16-18-39-19-17-25)43-36(51)33-27-13-10-12-26(27)20-47(33)38(53)32(23(4)5)45-35(50)31(22(2)3)44-30(48)15-9-8-14-29-40-21-41-46-29/h16-19,21-24,26-28,31-33H,7-15,20H2,1-6H3,(H,42,52)(H,43,51)(H,44,48)(H,45,50)(H,40,41,46)/t24-,26+,27+,28?,31-,32+,33+/m1/s1. The first kappa shape index (κ1) is 41.1. The lowest BCUT2D eigenvalue weighted by Crippen LogP contribution is -2.60. The molecule has 53 heavy (non-hydrogen) atoms. The monoisotopic (exact) mass is 735 g/mol. The van der Waals surface area contributed by atoms with Crippen molar-refractivity contribution in [1.29, 1.82) is 0 Å². The third-order valence-electron chi connectivity index (χ3n) is 10.5. The van der Waals surface area contributed by atoms with Gasteiger partial charge in [-0.3, -0.25) is 33.8 Å². The summed E-state index contributed by atoms with van der Waals surface area (Å²) in [6.45, 7) is 11.3. The summed E-state index contributed by atoms with van der Waals surface area (Å²) < 4.78 is 0. The van der Waals surface area contributed by atoms with Crippen molar-refractivity contribution in [3.63, 3.8) is 0 Å². The number of H-pyrrole nitrogens is 1. The molecule has 2 aromatic heterocycles. The lowest BCUT2D eigenvalue weighted by Gasteiger charge is -2.34. The number of carbonyl (C=O) groups excluding carboxylic acids is 6. The summed E-state index contributed by atoms with van der Waals surface area (Å²) in [4.78, 5) is 90.0. The van der Waals surface area contributed by atoms with Crippen molar-refractivity contribution in [2.75, 3.05) is 6.54 Å². The first-order chi connectivity index (χ1) is 25.3. The van der Waals surface area contributed by atoms with E-state index in [1.165, 1.54) is 6.33 Å². The molecule has 0 radical (unpaired) electrons. The van der Waals surface area contributed by atoms with E-state index in [1.54, 1.807) is 36.4 Å². The molecule has 2 aliphatic rings. The van der Waals surface area contributed by atoms with Crippen molar-refractivity contribution in [2.45, 2.75) is 130 Å². The van der Waals surface area contributed by atoms with Crippen molar-refractivity contribution in [1.82, 2.24) is 46.3 Å². The number of ketones is 1. The average Bonchev–Trinajstić information content (AvgIpc) is 3.89. The fourth-order valence-corrected chi connectivity index (χ4v) is 7.49. The Hall–Kier alpha value is -4.69. The van der Waals surface area contributed by atoms with Crippen LogP contribution in [0.1, 0.15) is 110 Å². The molecule has 0 aromatic carbocycles. The molecular weight excluding hydrogens is 678 g/mol. The zero-order valence-corrected chi connectivity index (χ0v) is 31.9. The van der Waals surface area contributed by atoms with Gasteiger partial charge in [0.2, 0.25) is 29.4 Å². The van der Waals surface area contributed by atoms with Gasteiger partial charge in [-0.05, 0) is 80.4 Å². The van der Waals surface area contributed by atoms with Crippen LogP contribution >= 0.6 is 0 Å². The molecule has 5 amide bonds. The minimum atomic E-state index is -1.06. The fraction of sp³-hybridized carbons (Fsp3) is 0.658. The maximum Gasteiger partial charge on any atom is 0.290 e. The van der Waals surface area contributed by atoms with Crippen molar-refractivity contribution in [2.24, 2.45) is 23.7 Å². The lowest BCUT2D eigenvalue weighted by molar-refractivity contribution is -0.145. The highest BCUT2D eigenvalue weighted by Crippen LogP contribution is 2.42. The summed E-state index contributed by atoms with van der Waals surface area (Å²) in [5.41, 5.74) is 0.786. The Kier molecular flexibility index (Phi) is 15.0. The number of hydrogen-bond acceptors (Lipinski definition) is 9. The SMILES string of the molecule is CCCC(NC(=O)[C@@H]1[C@H]2CCC[C@H]2CN1C(=O)[C@@H](NC(=O)[C@H](NC(=O)CCCCc1nnc[nH]1)C(C)C)C(C)C)C(=O)C(=O)N[C@H](C)c1ccncc1. The van der Waals surface area contributed by atoms with Crippen LogP contribution < -0.4 is 21.3 Å². The normalized spacial score (nSPS) is 20.3. The Labute approximate surface area is 312 Å². The molecule has 3 heterocycles. The van der Waals surface area contributed by atoms with Crippen LogP contribution in [0.2, 0.25) is 0 Å². The molecule has 1 saturated carbocycles. The number of aryl methyl sites for hydroxylation is 1. The largest absolute Gasteiger partial charge is 0.344 e. The number of hydrogen-bond donors (Lipinski definition) is 5. The molecule has 7 atom stereocenters. The summed E-state index contributed by atoms with van der Waals surface area (Å²) in [6.07, 6.45) is 10.3. The third kappa shape index (κ3) is 10.9. The maximum atomic E-state index is 14.4. The molecule has 15 heteroatoms. The minimum Gasteiger partial charge on any atom is -0.344 e. The van der Waals surface area contributed by atoms with E-state index in [9.17, 15) is 28.8 Å². The number of nitrogens with one attached hydrogen (secondary N) is 5. The molecule has 290 valence electrons.